The number of carbonyl (C=O) groups excluding carboxylic acids is 1. The minimum Gasteiger partial charge on any atom is -0.443 e. The Bertz CT molecular complexity index is 1080. The van der Waals surface area contributed by atoms with Gasteiger partial charge in [0.1, 0.15) is 11.2 Å². The Morgan fingerprint density at radius 1 is 1.20 bits per heavy atom. The zero-order chi connectivity index (χ0) is 17.6. The van der Waals surface area contributed by atoms with Gasteiger partial charge in [-0.15, -0.1) is 0 Å². The van der Waals surface area contributed by atoms with Gasteiger partial charge in [0.2, 0.25) is 0 Å². The number of carbonyl (C=O) groups is 1. The van der Waals surface area contributed by atoms with E-state index in [2.05, 4.69) is 16.0 Å². The number of ether oxygens (including phenoxy) is 1. The number of benzene rings is 1. The van der Waals surface area contributed by atoms with Crippen molar-refractivity contribution in [3.05, 3.63) is 55.0 Å². The van der Waals surface area contributed by atoms with Crippen LogP contribution in [0.25, 0.3) is 33.1 Å². The van der Waals surface area contributed by atoms with Gasteiger partial charge in [0, 0.05) is 34.9 Å². The van der Waals surface area contributed by atoms with Crippen LogP contribution in [0, 0.1) is 0 Å². The lowest BCUT2D eigenvalue weighted by Crippen LogP contribution is -2.26. The van der Waals surface area contributed by atoms with E-state index in [-0.39, 0.29) is 6.09 Å². The number of aromatic nitrogens is 3. The van der Waals surface area contributed by atoms with Crippen LogP contribution in [0.15, 0.2) is 55.0 Å². The molecule has 4 rings (SSSR count). The van der Waals surface area contributed by atoms with Gasteiger partial charge in [-0.1, -0.05) is 12.1 Å². The Balaban J connectivity index is 1.82. The number of pyridine rings is 1. The molecule has 0 bridgehead atoms. The normalized spacial score (nSPS) is 12.0. The Morgan fingerprint density at radius 2 is 2.04 bits per heavy atom. The van der Waals surface area contributed by atoms with Crippen LogP contribution < -0.4 is 0 Å². The van der Waals surface area contributed by atoms with Gasteiger partial charge in [0.05, 0.1) is 5.52 Å². The summed E-state index contributed by atoms with van der Waals surface area (Å²) in [6, 6.07) is 11.9. The van der Waals surface area contributed by atoms with Gasteiger partial charge < -0.3 is 9.72 Å². The van der Waals surface area contributed by atoms with Crippen molar-refractivity contribution < 1.29 is 9.53 Å². The molecule has 0 aliphatic heterocycles. The molecule has 5 nitrogen and oxygen atoms in total. The summed E-state index contributed by atoms with van der Waals surface area (Å²) in [5.74, 6) is 0. The molecular weight excluding hydrogens is 314 g/mol. The van der Waals surface area contributed by atoms with E-state index in [0.717, 1.165) is 33.1 Å². The van der Waals surface area contributed by atoms with Crippen molar-refractivity contribution in [1.29, 1.82) is 0 Å². The van der Waals surface area contributed by atoms with Gasteiger partial charge in [-0.05, 0) is 50.6 Å². The fourth-order valence-electron chi connectivity index (χ4n) is 2.96. The number of H-pyrrole nitrogens is 1. The smallest absolute Gasteiger partial charge is 0.418 e. The minimum absolute atomic E-state index is 0.375. The predicted molar refractivity (Wildman–Crippen MR) is 98.7 cm³/mol. The largest absolute Gasteiger partial charge is 0.443 e. The maximum Gasteiger partial charge on any atom is 0.418 e. The summed E-state index contributed by atoms with van der Waals surface area (Å²) in [7, 11) is 0. The highest BCUT2D eigenvalue weighted by Crippen LogP contribution is 2.30. The molecule has 0 amide bonds. The quantitative estimate of drug-likeness (QED) is 0.535. The van der Waals surface area contributed by atoms with Crippen LogP contribution in [-0.2, 0) is 4.74 Å². The van der Waals surface area contributed by atoms with Gasteiger partial charge in [-0.3, -0.25) is 4.57 Å². The van der Waals surface area contributed by atoms with Crippen molar-refractivity contribution in [3.8, 4) is 11.1 Å². The van der Waals surface area contributed by atoms with Crippen LogP contribution in [0.3, 0.4) is 0 Å². The average molecular weight is 333 g/mol. The van der Waals surface area contributed by atoms with E-state index in [9.17, 15) is 4.79 Å². The molecule has 3 heterocycles. The first kappa shape index (κ1) is 15.4. The fraction of sp³-hybridized carbons (Fsp3) is 0.200. The Morgan fingerprint density at radius 3 is 2.84 bits per heavy atom. The Labute approximate surface area is 145 Å². The van der Waals surface area contributed by atoms with E-state index in [0.29, 0.717) is 0 Å². The van der Waals surface area contributed by atoms with Gasteiger partial charge in [-0.25, -0.2) is 9.78 Å². The summed E-state index contributed by atoms with van der Waals surface area (Å²) in [4.78, 5) is 20.0. The second kappa shape index (κ2) is 5.48. The van der Waals surface area contributed by atoms with Crippen molar-refractivity contribution in [2.24, 2.45) is 0 Å². The van der Waals surface area contributed by atoms with E-state index in [4.69, 9.17) is 4.74 Å². The number of rotatable bonds is 1. The third kappa shape index (κ3) is 2.78. The third-order valence-electron chi connectivity index (χ3n) is 4.05. The molecule has 3 aromatic heterocycles. The van der Waals surface area contributed by atoms with Crippen molar-refractivity contribution >= 4 is 28.0 Å². The highest BCUT2D eigenvalue weighted by Gasteiger charge is 2.19. The fourth-order valence-corrected chi connectivity index (χ4v) is 2.96. The lowest BCUT2D eigenvalue weighted by atomic mass is 10.0. The maximum atomic E-state index is 12.5. The lowest BCUT2D eigenvalue weighted by Gasteiger charge is -2.19. The number of fused-ring (bicyclic) bond motifs is 2. The van der Waals surface area contributed by atoms with Crippen LogP contribution in [0.1, 0.15) is 20.8 Å². The van der Waals surface area contributed by atoms with E-state index >= 15 is 0 Å². The van der Waals surface area contributed by atoms with Crippen molar-refractivity contribution in [2.75, 3.05) is 0 Å². The first-order valence-corrected chi connectivity index (χ1v) is 8.19. The third-order valence-corrected chi connectivity index (χ3v) is 4.05. The van der Waals surface area contributed by atoms with E-state index in [1.54, 1.807) is 17.0 Å². The van der Waals surface area contributed by atoms with Gasteiger partial charge >= 0.3 is 6.09 Å². The monoisotopic (exact) mass is 333 g/mol. The van der Waals surface area contributed by atoms with Crippen LogP contribution in [0.5, 0.6) is 0 Å². The number of nitrogens with zero attached hydrogens (tertiary/aromatic N) is 2. The van der Waals surface area contributed by atoms with Crippen LogP contribution >= 0.6 is 0 Å². The lowest BCUT2D eigenvalue weighted by molar-refractivity contribution is 0.0544. The molecule has 0 aliphatic rings. The molecule has 0 spiro atoms. The summed E-state index contributed by atoms with van der Waals surface area (Å²) in [6.45, 7) is 5.59. The molecule has 0 saturated carbocycles. The summed E-state index contributed by atoms with van der Waals surface area (Å²) in [6.07, 6.45) is 5.08. The van der Waals surface area contributed by atoms with E-state index < -0.39 is 5.60 Å². The van der Waals surface area contributed by atoms with Crippen LogP contribution in [0.2, 0.25) is 0 Å². The van der Waals surface area contributed by atoms with Gasteiger partial charge in [0.25, 0.3) is 0 Å². The number of nitrogens with one attached hydrogen (secondary N) is 1. The zero-order valence-electron chi connectivity index (χ0n) is 14.4. The molecule has 1 N–H and O–H groups in total. The molecule has 5 heteroatoms. The molecule has 4 aromatic rings. The van der Waals surface area contributed by atoms with Gasteiger partial charge in [0.15, 0.2) is 0 Å². The Hall–Kier alpha value is -3.08. The summed E-state index contributed by atoms with van der Waals surface area (Å²) < 4.78 is 7.05. The molecule has 0 radical (unpaired) electrons. The Kier molecular flexibility index (Phi) is 3.39. The molecule has 0 atom stereocenters. The van der Waals surface area contributed by atoms with E-state index in [1.807, 2.05) is 57.3 Å². The topological polar surface area (TPSA) is 59.9 Å². The first-order valence-electron chi connectivity index (χ1n) is 8.19. The molecule has 0 aliphatic carbocycles. The van der Waals surface area contributed by atoms with Crippen molar-refractivity contribution in [2.45, 2.75) is 26.4 Å². The van der Waals surface area contributed by atoms with Crippen molar-refractivity contribution in [3.63, 3.8) is 0 Å². The molecule has 0 saturated heterocycles. The molecule has 0 fully saturated rings. The minimum atomic E-state index is -0.534. The van der Waals surface area contributed by atoms with Gasteiger partial charge in [-0.2, -0.15) is 0 Å². The van der Waals surface area contributed by atoms with Crippen molar-refractivity contribution in [1.82, 2.24) is 14.5 Å². The molecule has 126 valence electrons. The van der Waals surface area contributed by atoms with Crippen LogP contribution in [-0.4, -0.2) is 26.2 Å². The molecule has 1 aromatic carbocycles. The highest BCUT2D eigenvalue weighted by atomic mass is 16.6. The predicted octanol–water partition coefficient (Wildman–Crippen LogP) is 4.97. The number of aromatic amines is 1. The molecule has 0 unspecified atom stereocenters. The first-order chi connectivity index (χ1) is 11.9. The van der Waals surface area contributed by atoms with E-state index in [1.165, 1.54) is 0 Å². The maximum absolute atomic E-state index is 12.5. The number of hydrogen-bond donors (Lipinski definition) is 1. The summed E-state index contributed by atoms with van der Waals surface area (Å²) in [5, 5.41) is 2.05. The highest BCUT2D eigenvalue weighted by molar-refractivity contribution is 5.98. The number of hydrogen-bond acceptors (Lipinski definition) is 3. The van der Waals surface area contributed by atoms with Crippen LogP contribution in [0.4, 0.5) is 4.79 Å². The standard InChI is InChI=1S/C20H19N3O2/c1-20(2,3)25-19(24)23-10-8-13-6-7-14(11-17(13)23)16-12-22-18-15(16)5-4-9-21-18/h4-12H,1-3H3,(H,21,22). The summed E-state index contributed by atoms with van der Waals surface area (Å²) >= 11 is 0. The average Bonchev–Trinajstić information content (AvgIpc) is 3.16. The SMILES string of the molecule is CC(C)(C)OC(=O)n1ccc2ccc(-c3c[nH]c4ncccc34)cc21. The zero-order valence-corrected chi connectivity index (χ0v) is 14.4. The second-order valence-corrected chi connectivity index (χ2v) is 7.04. The molecule has 25 heavy (non-hydrogen) atoms. The summed E-state index contributed by atoms with van der Waals surface area (Å²) in [5.41, 5.74) is 3.22. The second-order valence-electron chi connectivity index (χ2n) is 7.04. The molecular formula is C20H19N3O2.